The summed E-state index contributed by atoms with van der Waals surface area (Å²) in [6.45, 7) is 10.7. The summed E-state index contributed by atoms with van der Waals surface area (Å²) in [7, 11) is 1.77. The van der Waals surface area contributed by atoms with E-state index in [0.717, 1.165) is 18.8 Å². The fourth-order valence-electron chi connectivity index (χ4n) is 2.89. The van der Waals surface area contributed by atoms with Crippen LogP contribution in [0.2, 0.25) is 0 Å². The summed E-state index contributed by atoms with van der Waals surface area (Å²) in [5, 5.41) is 7.13. The van der Waals surface area contributed by atoms with E-state index in [2.05, 4.69) is 44.4 Å². The molecule has 1 heterocycles. The van der Waals surface area contributed by atoms with E-state index in [0.29, 0.717) is 12.1 Å². The Bertz CT molecular complexity index is 443. The first-order valence-electron chi connectivity index (χ1n) is 6.67. The molecule has 1 saturated heterocycles. The van der Waals surface area contributed by atoms with Gasteiger partial charge in [-0.15, -0.1) is 0 Å². The lowest BCUT2D eigenvalue weighted by Crippen LogP contribution is -2.49. The first-order chi connectivity index (χ1) is 8.56. The number of aryl methyl sites for hydroxylation is 2. The molecule has 1 fully saturated rings. The number of benzene rings is 1. The Morgan fingerprint density at radius 3 is 2.39 bits per heavy atom. The molecular weight excluding hydrogens is 224 g/mol. The highest BCUT2D eigenvalue weighted by Crippen LogP contribution is 2.35. The lowest BCUT2D eigenvalue weighted by atomic mass is 9.90. The second-order valence-electron chi connectivity index (χ2n) is 5.26. The smallest absolute Gasteiger partial charge is 0.127 e. The van der Waals surface area contributed by atoms with Crippen LogP contribution in [-0.2, 0) is 0 Å². The van der Waals surface area contributed by atoms with Crippen LogP contribution in [0.1, 0.15) is 35.2 Å². The summed E-state index contributed by atoms with van der Waals surface area (Å²) >= 11 is 0. The van der Waals surface area contributed by atoms with Crippen LogP contribution < -0.4 is 15.4 Å². The predicted molar refractivity (Wildman–Crippen MR) is 75.4 cm³/mol. The van der Waals surface area contributed by atoms with Gasteiger partial charge in [-0.3, -0.25) is 0 Å². The molecule has 0 aliphatic carbocycles. The van der Waals surface area contributed by atoms with E-state index in [-0.39, 0.29) is 0 Å². The van der Waals surface area contributed by atoms with Crippen molar-refractivity contribution in [3.05, 3.63) is 28.3 Å². The summed E-state index contributed by atoms with van der Waals surface area (Å²) in [6, 6.07) is 3.01. The van der Waals surface area contributed by atoms with Crippen LogP contribution in [0.25, 0.3) is 0 Å². The standard InChI is InChI=1S/C15H24N2O/c1-9-8-10(2)13(15(18-5)11(9)3)14-12(4)16-6-7-17-14/h8,12,14,16-17H,6-7H2,1-5H3. The van der Waals surface area contributed by atoms with Crippen molar-refractivity contribution in [3.63, 3.8) is 0 Å². The molecule has 1 aromatic rings. The summed E-state index contributed by atoms with van der Waals surface area (Å²) in [4.78, 5) is 0. The van der Waals surface area contributed by atoms with Crippen LogP contribution in [0.15, 0.2) is 6.07 Å². The predicted octanol–water partition coefficient (Wildman–Crippen LogP) is 2.24. The fraction of sp³-hybridized carbons (Fsp3) is 0.600. The quantitative estimate of drug-likeness (QED) is 0.842. The Kier molecular flexibility index (Phi) is 3.93. The van der Waals surface area contributed by atoms with Gasteiger partial charge in [-0.2, -0.15) is 0 Å². The third-order valence-corrected chi connectivity index (χ3v) is 4.01. The van der Waals surface area contributed by atoms with E-state index in [1.807, 2.05) is 0 Å². The average molecular weight is 248 g/mol. The van der Waals surface area contributed by atoms with Crippen LogP contribution >= 0.6 is 0 Å². The number of hydrogen-bond acceptors (Lipinski definition) is 3. The van der Waals surface area contributed by atoms with Gasteiger partial charge in [0.2, 0.25) is 0 Å². The first kappa shape index (κ1) is 13.4. The lowest BCUT2D eigenvalue weighted by molar-refractivity contribution is 0.328. The molecular formula is C15H24N2O. The van der Waals surface area contributed by atoms with Crippen molar-refractivity contribution < 1.29 is 4.74 Å². The molecule has 1 aliphatic heterocycles. The molecule has 100 valence electrons. The minimum atomic E-state index is 0.327. The Morgan fingerprint density at radius 1 is 1.11 bits per heavy atom. The maximum atomic E-state index is 5.67. The molecule has 0 bridgehead atoms. The van der Waals surface area contributed by atoms with Gasteiger partial charge in [0.05, 0.1) is 13.2 Å². The van der Waals surface area contributed by atoms with Crippen LogP contribution in [0.4, 0.5) is 0 Å². The average Bonchev–Trinajstić information content (AvgIpc) is 2.34. The van der Waals surface area contributed by atoms with Crippen LogP contribution in [0.5, 0.6) is 5.75 Å². The maximum Gasteiger partial charge on any atom is 0.127 e. The van der Waals surface area contributed by atoms with Gasteiger partial charge in [0.1, 0.15) is 5.75 Å². The van der Waals surface area contributed by atoms with E-state index in [1.165, 1.54) is 22.3 Å². The van der Waals surface area contributed by atoms with Crippen molar-refractivity contribution in [3.8, 4) is 5.75 Å². The van der Waals surface area contributed by atoms with Crippen LogP contribution in [-0.4, -0.2) is 26.2 Å². The van der Waals surface area contributed by atoms with E-state index < -0.39 is 0 Å². The number of nitrogens with one attached hydrogen (secondary N) is 2. The highest BCUT2D eigenvalue weighted by molar-refractivity contribution is 5.51. The molecule has 18 heavy (non-hydrogen) atoms. The molecule has 2 N–H and O–H groups in total. The van der Waals surface area contributed by atoms with Crippen LogP contribution in [0.3, 0.4) is 0 Å². The molecule has 0 spiro atoms. The Morgan fingerprint density at radius 2 is 1.78 bits per heavy atom. The molecule has 1 aromatic carbocycles. The normalized spacial score (nSPS) is 24.1. The van der Waals surface area contributed by atoms with Gasteiger partial charge in [0.15, 0.2) is 0 Å². The van der Waals surface area contributed by atoms with Crippen molar-refractivity contribution in [1.29, 1.82) is 0 Å². The first-order valence-corrected chi connectivity index (χ1v) is 6.67. The van der Waals surface area contributed by atoms with Gasteiger partial charge >= 0.3 is 0 Å². The highest BCUT2D eigenvalue weighted by Gasteiger charge is 2.27. The monoisotopic (exact) mass is 248 g/mol. The fourth-order valence-corrected chi connectivity index (χ4v) is 2.89. The van der Waals surface area contributed by atoms with Crippen molar-refractivity contribution in [2.75, 3.05) is 20.2 Å². The minimum absolute atomic E-state index is 0.327. The minimum Gasteiger partial charge on any atom is -0.496 e. The van der Waals surface area contributed by atoms with Crippen molar-refractivity contribution in [2.45, 2.75) is 39.8 Å². The summed E-state index contributed by atoms with van der Waals surface area (Å²) in [5.74, 6) is 1.04. The van der Waals surface area contributed by atoms with E-state index in [4.69, 9.17) is 4.74 Å². The second-order valence-corrected chi connectivity index (χ2v) is 5.26. The van der Waals surface area contributed by atoms with Gasteiger partial charge in [0.25, 0.3) is 0 Å². The van der Waals surface area contributed by atoms with E-state index >= 15 is 0 Å². The zero-order valence-electron chi connectivity index (χ0n) is 12.1. The molecule has 2 atom stereocenters. The van der Waals surface area contributed by atoms with Crippen molar-refractivity contribution in [2.24, 2.45) is 0 Å². The summed E-state index contributed by atoms with van der Waals surface area (Å²) in [6.07, 6.45) is 0. The molecule has 0 aromatic heterocycles. The molecule has 3 nitrogen and oxygen atoms in total. The second kappa shape index (κ2) is 5.29. The zero-order chi connectivity index (χ0) is 13.3. The number of hydrogen-bond donors (Lipinski definition) is 2. The highest BCUT2D eigenvalue weighted by atomic mass is 16.5. The topological polar surface area (TPSA) is 33.3 Å². The third-order valence-electron chi connectivity index (χ3n) is 4.01. The number of methoxy groups -OCH3 is 1. The number of rotatable bonds is 2. The largest absolute Gasteiger partial charge is 0.496 e. The molecule has 2 unspecified atom stereocenters. The van der Waals surface area contributed by atoms with Gasteiger partial charge < -0.3 is 15.4 Å². The lowest BCUT2D eigenvalue weighted by Gasteiger charge is -2.34. The summed E-state index contributed by atoms with van der Waals surface area (Å²) < 4.78 is 5.67. The molecule has 0 radical (unpaired) electrons. The van der Waals surface area contributed by atoms with E-state index in [9.17, 15) is 0 Å². The SMILES string of the molecule is COc1c(C)c(C)cc(C)c1C1NCCNC1C. The van der Waals surface area contributed by atoms with Gasteiger partial charge in [-0.05, 0) is 44.4 Å². The molecule has 0 amide bonds. The molecule has 3 heteroatoms. The van der Waals surface area contributed by atoms with E-state index in [1.54, 1.807) is 7.11 Å². The maximum absolute atomic E-state index is 5.67. The molecule has 0 saturated carbocycles. The van der Waals surface area contributed by atoms with Crippen LogP contribution in [0, 0.1) is 20.8 Å². The van der Waals surface area contributed by atoms with Gasteiger partial charge in [-0.25, -0.2) is 0 Å². The molecule has 1 aliphatic rings. The van der Waals surface area contributed by atoms with Gasteiger partial charge in [-0.1, -0.05) is 6.07 Å². The third kappa shape index (κ3) is 2.25. The number of piperazine rings is 1. The Labute approximate surface area is 110 Å². The van der Waals surface area contributed by atoms with Crippen molar-refractivity contribution in [1.82, 2.24) is 10.6 Å². The molecule has 2 rings (SSSR count). The van der Waals surface area contributed by atoms with Crippen molar-refractivity contribution >= 4 is 0 Å². The van der Waals surface area contributed by atoms with Gasteiger partial charge in [0, 0.05) is 24.7 Å². The zero-order valence-corrected chi connectivity index (χ0v) is 12.1. The Balaban J connectivity index is 2.51. The summed E-state index contributed by atoms with van der Waals surface area (Å²) in [5.41, 5.74) is 5.16. The Hall–Kier alpha value is -1.06. The number of ether oxygens (including phenoxy) is 1.